The number of rotatable bonds is 4. The SMILES string of the molecule is O=C(NC1CCS(=O)(=O)C1)c1ccnc(Nc2cccc(Cl)c2)c1. The van der Waals surface area contributed by atoms with Crippen LogP contribution >= 0.6 is 11.6 Å². The van der Waals surface area contributed by atoms with Crippen LogP contribution in [-0.4, -0.2) is 36.9 Å². The summed E-state index contributed by atoms with van der Waals surface area (Å²) < 4.78 is 22.9. The van der Waals surface area contributed by atoms with E-state index in [4.69, 9.17) is 11.6 Å². The van der Waals surface area contributed by atoms with E-state index in [-0.39, 0.29) is 23.5 Å². The number of carbonyl (C=O) groups is 1. The fraction of sp³-hybridized carbons (Fsp3) is 0.250. The molecule has 0 saturated carbocycles. The van der Waals surface area contributed by atoms with Crippen LogP contribution in [0, 0.1) is 0 Å². The summed E-state index contributed by atoms with van der Waals surface area (Å²) in [4.78, 5) is 16.5. The van der Waals surface area contributed by atoms with E-state index < -0.39 is 9.84 Å². The molecule has 1 aromatic carbocycles. The van der Waals surface area contributed by atoms with E-state index in [0.717, 1.165) is 5.69 Å². The highest BCUT2D eigenvalue weighted by atomic mass is 35.5. The average molecular weight is 366 g/mol. The first kappa shape index (κ1) is 16.7. The van der Waals surface area contributed by atoms with E-state index >= 15 is 0 Å². The predicted octanol–water partition coefficient (Wildman–Crippen LogP) is 2.40. The van der Waals surface area contributed by atoms with Gasteiger partial charge in [0.25, 0.3) is 5.91 Å². The monoisotopic (exact) mass is 365 g/mol. The standard InChI is InChI=1S/C16H16ClN3O3S/c17-12-2-1-3-13(9-12)19-15-8-11(4-6-18-15)16(21)20-14-5-7-24(22,23)10-14/h1-4,6,8-9,14H,5,7,10H2,(H,18,19)(H,20,21). The topological polar surface area (TPSA) is 88.2 Å². The van der Waals surface area contributed by atoms with Crippen LogP contribution in [0.15, 0.2) is 42.6 Å². The van der Waals surface area contributed by atoms with Crippen molar-refractivity contribution in [3.63, 3.8) is 0 Å². The zero-order chi connectivity index (χ0) is 17.2. The molecule has 1 atom stereocenters. The molecule has 2 N–H and O–H groups in total. The minimum atomic E-state index is -3.03. The molecule has 3 rings (SSSR count). The Morgan fingerprint density at radius 3 is 2.79 bits per heavy atom. The fourth-order valence-electron chi connectivity index (χ4n) is 2.53. The normalized spacial score (nSPS) is 19.0. The lowest BCUT2D eigenvalue weighted by Gasteiger charge is -2.12. The van der Waals surface area contributed by atoms with E-state index in [1.165, 1.54) is 6.20 Å². The number of hydrogen-bond acceptors (Lipinski definition) is 5. The number of amides is 1. The van der Waals surface area contributed by atoms with Gasteiger partial charge in [0.15, 0.2) is 9.84 Å². The van der Waals surface area contributed by atoms with Crippen LogP contribution < -0.4 is 10.6 Å². The molecule has 2 aromatic rings. The van der Waals surface area contributed by atoms with Gasteiger partial charge in [0.2, 0.25) is 0 Å². The number of benzene rings is 1. The van der Waals surface area contributed by atoms with Gasteiger partial charge in [-0.1, -0.05) is 17.7 Å². The highest BCUT2D eigenvalue weighted by Gasteiger charge is 2.29. The Morgan fingerprint density at radius 1 is 1.25 bits per heavy atom. The fourth-order valence-corrected chi connectivity index (χ4v) is 4.40. The Kier molecular flexibility index (Phi) is 4.73. The van der Waals surface area contributed by atoms with Crippen LogP contribution in [0.4, 0.5) is 11.5 Å². The second kappa shape index (κ2) is 6.78. The molecule has 126 valence electrons. The molecule has 1 amide bonds. The first-order chi connectivity index (χ1) is 11.4. The highest BCUT2D eigenvalue weighted by Crippen LogP contribution is 2.19. The summed E-state index contributed by atoms with van der Waals surface area (Å²) in [5.41, 5.74) is 1.17. The third-order valence-corrected chi connectivity index (χ3v) is 5.69. The zero-order valence-corrected chi connectivity index (χ0v) is 14.3. The Balaban J connectivity index is 1.69. The Hall–Kier alpha value is -2.12. The number of pyridine rings is 1. The lowest BCUT2D eigenvalue weighted by molar-refractivity contribution is 0.0941. The molecule has 1 unspecified atom stereocenters. The third-order valence-electron chi connectivity index (χ3n) is 3.69. The number of nitrogens with one attached hydrogen (secondary N) is 2. The molecule has 1 saturated heterocycles. The molecular weight excluding hydrogens is 350 g/mol. The number of halogens is 1. The van der Waals surface area contributed by atoms with Crippen molar-refractivity contribution in [1.29, 1.82) is 0 Å². The van der Waals surface area contributed by atoms with E-state index in [0.29, 0.717) is 22.8 Å². The van der Waals surface area contributed by atoms with Crippen LogP contribution in [-0.2, 0) is 9.84 Å². The quantitative estimate of drug-likeness (QED) is 0.868. The van der Waals surface area contributed by atoms with Crippen molar-refractivity contribution in [1.82, 2.24) is 10.3 Å². The smallest absolute Gasteiger partial charge is 0.251 e. The molecule has 1 aliphatic heterocycles. The maximum atomic E-state index is 12.3. The van der Waals surface area contributed by atoms with E-state index in [1.54, 1.807) is 24.3 Å². The molecule has 6 nitrogen and oxygen atoms in total. The summed E-state index contributed by atoms with van der Waals surface area (Å²) in [6, 6.07) is 10.0. The number of hydrogen-bond donors (Lipinski definition) is 2. The molecule has 0 bridgehead atoms. The molecule has 24 heavy (non-hydrogen) atoms. The molecule has 2 heterocycles. The van der Waals surface area contributed by atoms with Gasteiger partial charge >= 0.3 is 0 Å². The van der Waals surface area contributed by atoms with Crippen molar-refractivity contribution < 1.29 is 13.2 Å². The predicted molar refractivity (Wildman–Crippen MR) is 93.5 cm³/mol. The maximum absolute atomic E-state index is 12.3. The Morgan fingerprint density at radius 2 is 2.08 bits per heavy atom. The zero-order valence-electron chi connectivity index (χ0n) is 12.7. The van der Waals surface area contributed by atoms with E-state index in [9.17, 15) is 13.2 Å². The lowest BCUT2D eigenvalue weighted by Crippen LogP contribution is -2.35. The van der Waals surface area contributed by atoms with Gasteiger partial charge in [0.1, 0.15) is 5.82 Å². The molecule has 1 aromatic heterocycles. The number of sulfone groups is 1. The number of nitrogens with zero attached hydrogens (tertiary/aromatic N) is 1. The van der Waals surface area contributed by atoms with Gasteiger partial charge in [-0.3, -0.25) is 4.79 Å². The summed E-state index contributed by atoms with van der Waals surface area (Å²) in [7, 11) is -3.03. The first-order valence-electron chi connectivity index (χ1n) is 7.41. The molecule has 0 spiro atoms. The van der Waals surface area contributed by atoms with Crippen LogP contribution in [0.3, 0.4) is 0 Å². The molecular formula is C16H16ClN3O3S. The van der Waals surface area contributed by atoms with Gasteiger partial charge in [-0.25, -0.2) is 13.4 Å². The van der Waals surface area contributed by atoms with E-state index in [2.05, 4.69) is 15.6 Å². The van der Waals surface area contributed by atoms with Gasteiger partial charge < -0.3 is 10.6 Å². The summed E-state index contributed by atoms with van der Waals surface area (Å²) >= 11 is 5.94. The van der Waals surface area contributed by atoms with Gasteiger partial charge in [-0.05, 0) is 36.8 Å². The van der Waals surface area contributed by atoms with Crippen LogP contribution in [0.25, 0.3) is 0 Å². The first-order valence-corrected chi connectivity index (χ1v) is 9.61. The number of aromatic nitrogens is 1. The van der Waals surface area contributed by atoms with Gasteiger partial charge in [-0.15, -0.1) is 0 Å². The minimum Gasteiger partial charge on any atom is -0.348 e. The van der Waals surface area contributed by atoms with Crippen molar-refractivity contribution in [2.24, 2.45) is 0 Å². The molecule has 1 aliphatic rings. The molecule has 0 radical (unpaired) electrons. The Bertz CT molecular complexity index is 870. The average Bonchev–Trinajstić information content (AvgIpc) is 2.86. The molecule has 1 fully saturated rings. The third kappa shape index (κ3) is 4.24. The number of carbonyl (C=O) groups excluding carboxylic acids is 1. The van der Waals surface area contributed by atoms with Gasteiger partial charge in [-0.2, -0.15) is 0 Å². The highest BCUT2D eigenvalue weighted by molar-refractivity contribution is 7.91. The Labute approximate surface area is 145 Å². The van der Waals surface area contributed by atoms with Gasteiger partial charge in [0, 0.05) is 28.5 Å². The van der Waals surface area contributed by atoms with Crippen molar-refractivity contribution in [3.05, 3.63) is 53.2 Å². The minimum absolute atomic E-state index is 0.00253. The van der Waals surface area contributed by atoms with E-state index in [1.807, 2.05) is 12.1 Å². The van der Waals surface area contributed by atoms with Crippen molar-refractivity contribution >= 4 is 38.9 Å². The number of anilines is 2. The summed E-state index contributed by atoms with van der Waals surface area (Å²) in [5.74, 6) is 0.311. The van der Waals surface area contributed by atoms with Crippen molar-refractivity contribution in [2.75, 3.05) is 16.8 Å². The molecule has 0 aliphatic carbocycles. The summed E-state index contributed by atoms with van der Waals surface area (Å²) in [5, 5.41) is 6.43. The lowest BCUT2D eigenvalue weighted by atomic mass is 10.2. The largest absolute Gasteiger partial charge is 0.348 e. The van der Waals surface area contributed by atoms with Crippen LogP contribution in [0.1, 0.15) is 16.8 Å². The maximum Gasteiger partial charge on any atom is 0.251 e. The van der Waals surface area contributed by atoms with Crippen molar-refractivity contribution in [3.8, 4) is 0 Å². The molecule has 8 heteroatoms. The van der Waals surface area contributed by atoms with Crippen molar-refractivity contribution in [2.45, 2.75) is 12.5 Å². The summed E-state index contributed by atoms with van der Waals surface area (Å²) in [6.07, 6.45) is 1.97. The second-order valence-electron chi connectivity index (χ2n) is 5.64. The van der Waals surface area contributed by atoms with Crippen LogP contribution in [0.5, 0.6) is 0 Å². The second-order valence-corrected chi connectivity index (χ2v) is 8.30. The summed E-state index contributed by atoms with van der Waals surface area (Å²) in [6.45, 7) is 0. The van der Waals surface area contributed by atoms with Crippen LogP contribution in [0.2, 0.25) is 5.02 Å². The van der Waals surface area contributed by atoms with Gasteiger partial charge in [0.05, 0.1) is 11.5 Å².